The van der Waals surface area contributed by atoms with Crippen molar-refractivity contribution >= 4 is 23.6 Å². The summed E-state index contributed by atoms with van der Waals surface area (Å²) in [5.41, 5.74) is 7.89. The summed E-state index contributed by atoms with van der Waals surface area (Å²) < 4.78 is 0. The summed E-state index contributed by atoms with van der Waals surface area (Å²) >= 11 is 1.31. The number of primary amides is 1. The van der Waals surface area contributed by atoms with E-state index < -0.39 is 0 Å². The molecule has 1 aromatic carbocycles. The molecule has 0 aliphatic heterocycles. The van der Waals surface area contributed by atoms with Crippen molar-refractivity contribution in [3.05, 3.63) is 35.4 Å². The summed E-state index contributed by atoms with van der Waals surface area (Å²) in [5, 5.41) is 0. The molecule has 0 spiro atoms. The van der Waals surface area contributed by atoms with Crippen LogP contribution in [0.3, 0.4) is 0 Å². The number of fused-ring (bicyclic) bond motifs is 1. The SMILES string of the molecule is CCCN(C(=O)CSCC(N)=O)C1CCc2ccccc2C1. The molecule has 5 heteroatoms. The highest BCUT2D eigenvalue weighted by molar-refractivity contribution is 8.00. The van der Waals surface area contributed by atoms with Crippen LogP contribution in [0.4, 0.5) is 0 Å². The third-order valence-corrected chi connectivity index (χ3v) is 4.96. The summed E-state index contributed by atoms with van der Waals surface area (Å²) in [4.78, 5) is 25.3. The van der Waals surface area contributed by atoms with Crippen molar-refractivity contribution in [2.24, 2.45) is 5.73 Å². The largest absolute Gasteiger partial charge is 0.369 e. The van der Waals surface area contributed by atoms with Gasteiger partial charge in [0.1, 0.15) is 0 Å². The number of benzene rings is 1. The van der Waals surface area contributed by atoms with Gasteiger partial charge in [-0.05, 0) is 36.8 Å². The van der Waals surface area contributed by atoms with Gasteiger partial charge in [0.25, 0.3) is 0 Å². The number of thioether (sulfide) groups is 1. The number of carbonyl (C=O) groups is 2. The van der Waals surface area contributed by atoms with E-state index in [9.17, 15) is 9.59 Å². The van der Waals surface area contributed by atoms with E-state index in [0.717, 1.165) is 32.2 Å². The van der Waals surface area contributed by atoms with E-state index in [1.54, 1.807) is 0 Å². The van der Waals surface area contributed by atoms with Crippen LogP contribution >= 0.6 is 11.8 Å². The van der Waals surface area contributed by atoms with Crippen LogP contribution in [0.1, 0.15) is 30.9 Å². The quantitative estimate of drug-likeness (QED) is 0.836. The number of carbonyl (C=O) groups excluding carboxylic acids is 2. The standard InChI is InChI=1S/C17H24N2O2S/c1-2-9-19(17(21)12-22-11-16(18)20)15-8-7-13-5-3-4-6-14(13)10-15/h3-6,15H,2,7-12H2,1H3,(H2,18,20). The van der Waals surface area contributed by atoms with E-state index in [2.05, 4.69) is 31.2 Å². The topological polar surface area (TPSA) is 63.4 Å². The molecule has 2 N–H and O–H groups in total. The van der Waals surface area contributed by atoms with Gasteiger partial charge >= 0.3 is 0 Å². The first-order chi connectivity index (χ1) is 10.6. The monoisotopic (exact) mass is 320 g/mol. The van der Waals surface area contributed by atoms with E-state index in [-0.39, 0.29) is 23.6 Å². The van der Waals surface area contributed by atoms with Crippen LogP contribution in [0.2, 0.25) is 0 Å². The Bertz CT molecular complexity index is 533. The van der Waals surface area contributed by atoms with Gasteiger partial charge in [-0.2, -0.15) is 0 Å². The highest BCUT2D eigenvalue weighted by Crippen LogP contribution is 2.25. The highest BCUT2D eigenvalue weighted by Gasteiger charge is 2.26. The van der Waals surface area contributed by atoms with E-state index in [4.69, 9.17) is 5.73 Å². The fourth-order valence-electron chi connectivity index (χ4n) is 3.02. The minimum absolute atomic E-state index is 0.123. The van der Waals surface area contributed by atoms with Gasteiger partial charge < -0.3 is 10.6 Å². The molecular weight excluding hydrogens is 296 g/mol. The second-order valence-electron chi connectivity index (χ2n) is 5.71. The van der Waals surface area contributed by atoms with E-state index in [1.165, 1.54) is 22.9 Å². The minimum Gasteiger partial charge on any atom is -0.369 e. The Morgan fingerprint density at radius 3 is 2.68 bits per heavy atom. The Hall–Kier alpha value is -1.49. The maximum absolute atomic E-state index is 12.5. The van der Waals surface area contributed by atoms with Gasteiger partial charge in [0.15, 0.2) is 0 Å². The van der Waals surface area contributed by atoms with Crippen LogP contribution in [0, 0.1) is 0 Å². The molecule has 1 aliphatic rings. The molecule has 0 bridgehead atoms. The molecule has 2 amide bonds. The van der Waals surface area contributed by atoms with E-state index >= 15 is 0 Å². The summed E-state index contributed by atoms with van der Waals surface area (Å²) in [6.07, 6.45) is 3.93. The second kappa shape index (κ2) is 8.22. The number of hydrogen-bond donors (Lipinski definition) is 1. The maximum Gasteiger partial charge on any atom is 0.232 e. The number of rotatable bonds is 7. The van der Waals surface area contributed by atoms with Gasteiger partial charge in [-0.15, -0.1) is 11.8 Å². The molecule has 1 aliphatic carbocycles. The number of amides is 2. The predicted molar refractivity (Wildman–Crippen MR) is 90.8 cm³/mol. The average molecular weight is 320 g/mol. The number of nitrogens with two attached hydrogens (primary N) is 1. The molecule has 0 fully saturated rings. The smallest absolute Gasteiger partial charge is 0.232 e. The lowest BCUT2D eigenvalue weighted by atomic mass is 9.87. The Morgan fingerprint density at radius 1 is 1.27 bits per heavy atom. The number of aryl methyl sites for hydroxylation is 1. The third kappa shape index (κ3) is 4.50. The van der Waals surface area contributed by atoms with E-state index in [0.29, 0.717) is 5.75 Å². The lowest BCUT2D eigenvalue weighted by molar-refractivity contribution is -0.130. The molecule has 22 heavy (non-hydrogen) atoms. The fourth-order valence-corrected chi connectivity index (χ4v) is 3.66. The van der Waals surface area contributed by atoms with Crippen molar-refractivity contribution < 1.29 is 9.59 Å². The van der Waals surface area contributed by atoms with Crippen molar-refractivity contribution in [3.63, 3.8) is 0 Å². The maximum atomic E-state index is 12.5. The van der Waals surface area contributed by atoms with Gasteiger partial charge in [0.2, 0.25) is 11.8 Å². The fraction of sp³-hybridized carbons (Fsp3) is 0.529. The normalized spacial score (nSPS) is 16.9. The molecule has 4 nitrogen and oxygen atoms in total. The molecule has 0 saturated heterocycles. The van der Waals surface area contributed by atoms with Gasteiger partial charge in [-0.3, -0.25) is 9.59 Å². The summed E-state index contributed by atoms with van der Waals surface area (Å²) in [6.45, 7) is 2.87. The Balaban J connectivity index is 1.99. The van der Waals surface area contributed by atoms with Crippen molar-refractivity contribution in [2.75, 3.05) is 18.1 Å². The van der Waals surface area contributed by atoms with Crippen molar-refractivity contribution in [1.82, 2.24) is 4.90 Å². The minimum atomic E-state index is -0.369. The van der Waals surface area contributed by atoms with Gasteiger partial charge in [-0.25, -0.2) is 0 Å². The van der Waals surface area contributed by atoms with Crippen LogP contribution in [0.15, 0.2) is 24.3 Å². The number of nitrogens with zero attached hydrogens (tertiary/aromatic N) is 1. The van der Waals surface area contributed by atoms with Crippen LogP contribution in [-0.2, 0) is 22.4 Å². The third-order valence-electron chi connectivity index (χ3n) is 4.02. The molecule has 1 atom stereocenters. The Kier molecular flexibility index (Phi) is 6.31. The Labute approximate surface area is 136 Å². The first-order valence-electron chi connectivity index (χ1n) is 7.84. The first kappa shape index (κ1) is 16.9. The summed E-state index contributed by atoms with van der Waals surface area (Å²) in [6, 6.07) is 8.76. The zero-order valence-corrected chi connectivity index (χ0v) is 13.9. The molecule has 0 aromatic heterocycles. The lowest BCUT2D eigenvalue weighted by Crippen LogP contribution is -2.44. The van der Waals surface area contributed by atoms with Gasteiger partial charge in [0.05, 0.1) is 11.5 Å². The predicted octanol–water partition coefficient (Wildman–Crippen LogP) is 2.00. The average Bonchev–Trinajstić information content (AvgIpc) is 2.51. The van der Waals surface area contributed by atoms with Gasteiger partial charge in [0, 0.05) is 12.6 Å². The number of hydrogen-bond acceptors (Lipinski definition) is 3. The van der Waals surface area contributed by atoms with Crippen LogP contribution in [0.25, 0.3) is 0 Å². The first-order valence-corrected chi connectivity index (χ1v) is 8.99. The van der Waals surface area contributed by atoms with E-state index in [1.807, 2.05) is 4.90 Å². The second-order valence-corrected chi connectivity index (χ2v) is 6.70. The van der Waals surface area contributed by atoms with Crippen molar-refractivity contribution in [3.8, 4) is 0 Å². The summed E-state index contributed by atoms with van der Waals surface area (Å²) in [7, 11) is 0. The molecule has 0 heterocycles. The molecule has 0 radical (unpaired) electrons. The van der Waals surface area contributed by atoms with Crippen molar-refractivity contribution in [1.29, 1.82) is 0 Å². The molecule has 0 saturated carbocycles. The molecule has 120 valence electrons. The molecule has 2 rings (SSSR count). The Morgan fingerprint density at radius 2 is 2.00 bits per heavy atom. The zero-order chi connectivity index (χ0) is 15.9. The molecule has 1 unspecified atom stereocenters. The zero-order valence-electron chi connectivity index (χ0n) is 13.1. The highest BCUT2D eigenvalue weighted by atomic mass is 32.2. The molecule has 1 aromatic rings. The van der Waals surface area contributed by atoms with Crippen LogP contribution < -0.4 is 5.73 Å². The van der Waals surface area contributed by atoms with Crippen LogP contribution in [-0.4, -0.2) is 40.8 Å². The van der Waals surface area contributed by atoms with Crippen LogP contribution in [0.5, 0.6) is 0 Å². The van der Waals surface area contributed by atoms with Gasteiger partial charge in [-0.1, -0.05) is 31.2 Å². The molecular formula is C17H24N2O2S. The van der Waals surface area contributed by atoms with Crippen molar-refractivity contribution in [2.45, 2.75) is 38.6 Å². The summed E-state index contributed by atoms with van der Waals surface area (Å²) in [5.74, 6) is 0.296. The lowest BCUT2D eigenvalue weighted by Gasteiger charge is -2.35.